The van der Waals surface area contributed by atoms with E-state index in [1.165, 1.54) is 0 Å². The summed E-state index contributed by atoms with van der Waals surface area (Å²) in [6.07, 6.45) is 6.88. The first kappa shape index (κ1) is 11.6. The molecule has 1 aliphatic rings. The molecule has 2 atom stereocenters. The van der Waals surface area contributed by atoms with E-state index in [2.05, 4.69) is 17.1 Å². The minimum Gasteiger partial charge on any atom is -0.392 e. The molecule has 0 bridgehead atoms. The lowest BCUT2D eigenvalue weighted by atomic mass is 9.86. The molecule has 0 spiro atoms. The second kappa shape index (κ2) is 5.43. The van der Waals surface area contributed by atoms with E-state index < -0.39 is 0 Å². The zero-order valence-corrected chi connectivity index (χ0v) is 9.85. The maximum absolute atomic E-state index is 9.88. The molecule has 2 unspecified atom stereocenters. The van der Waals surface area contributed by atoms with Crippen molar-refractivity contribution in [2.24, 2.45) is 0 Å². The molecule has 90 valence electrons. The molecule has 0 aliphatic heterocycles. The average molecular weight is 224 g/mol. The first-order valence-corrected chi connectivity index (χ1v) is 6.31. The Balaban J connectivity index is 1.99. The molecule has 0 radical (unpaired) electrons. The van der Waals surface area contributed by atoms with Crippen molar-refractivity contribution in [3.05, 3.63) is 11.7 Å². The van der Waals surface area contributed by atoms with E-state index in [4.69, 9.17) is 4.52 Å². The molecule has 1 aromatic heterocycles. The smallest absolute Gasteiger partial charge is 0.232 e. The van der Waals surface area contributed by atoms with Crippen molar-refractivity contribution in [2.75, 3.05) is 0 Å². The van der Waals surface area contributed by atoms with E-state index in [0.29, 0.717) is 5.89 Å². The Labute approximate surface area is 96.1 Å². The lowest BCUT2D eigenvalue weighted by Crippen LogP contribution is -2.22. The van der Waals surface area contributed by atoms with Crippen LogP contribution in [0.3, 0.4) is 0 Å². The molecule has 1 heterocycles. The van der Waals surface area contributed by atoms with Gasteiger partial charge in [0.05, 0.1) is 12.0 Å². The summed E-state index contributed by atoms with van der Waals surface area (Å²) in [6.45, 7) is 2.14. The summed E-state index contributed by atoms with van der Waals surface area (Å²) in [4.78, 5) is 4.38. The predicted molar refractivity (Wildman–Crippen MR) is 60.1 cm³/mol. The van der Waals surface area contributed by atoms with Crippen LogP contribution < -0.4 is 0 Å². The van der Waals surface area contributed by atoms with Crippen molar-refractivity contribution in [2.45, 2.75) is 63.9 Å². The van der Waals surface area contributed by atoms with Gasteiger partial charge in [-0.3, -0.25) is 0 Å². The number of unbranched alkanes of at least 4 members (excludes halogenated alkanes) is 1. The number of aliphatic hydroxyl groups excluding tert-OH is 1. The van der Waals surface area contributed by atoms with Crippen LogP contribution in [0.2, 0.25) is 0 Å². The molecular formula is C12H20N2O2. The Hall–Kier alpha value is -0.900. The number of hydrogen-bond acceptors (Lipinski definition) is 4. The van der Waals surface area contributed by atoms with Crippen LogP contribution >= 0.6 is 0 Å². The van der Waals surface area contributed by atoms with Gasteiger partial charge in [-0.15, -0.1) is 0 Å². The van der Waals surface area contributed by atoms with Gasteiger partial charge in [0, 0.05) is 6.42 Å². The van der Waals surface area contributed by atoms with Crippen LogP contribution in [0.5, 0.6) is 0 Å². The van der Waals surface area contributed by atoms with Crippen molar-refractivity contribution in [3.8, 4) is 0 Å². The molecule has 0 saturated heterocycles. The lowest BCUT2D eigenvalue weighted by Gasteiger charge is -2.24. The van der Waals surface area contributed by atoms with Gasteiger partial charge in [0.15, 0.2) is 5.82 Å². The quantitative estimate of drug-likeness (QED) is 0.853. The molecule has 2 rings (SSSR count). The number of hydrogen-bond donors (Lipinski definition) is 1. The molecule has 1 fully saturated rings. The number of aryl methyl sites for hydroxylation is 1. The van der Waals surface area contributed by atoms with Gasteiger partial charge in [0.2, 0.25) is 5.89 Å². The fraction of sp³-hybridized carbons (Fsp3) is 0.833. The summed E-state index contributed by atoms with van der Waals surface area (Å²) in [5.74, 6) is 1.49. The Kier molecular flexibility index (Phi) is 3.93. The van der Waals surface area contributed by atoms with Crippen LogP contribution in [0.4, 0.5) is 0 Å². The molecule has 1 saturated carbocycles. The maximum atomic E-state index is 9.88. The summed E-state index contributed by atoms with van der Waals surface area (Å²) >= 11 is 0. The van der Waals surface area contributed by atoms with Crippen molar-refractivity contribution in [3.63, 3.8) is 0 Å². The average Bonchev–Trinajstić information content (AvgIpc) is 2.75. The zero-order chi connectivity index (χ0) is 11.4. The predicted octanol–water partition coefficient (Wildman–Crippen LogP) is 2.43. The standard InChI is InChI=1S/C12H20N2O2/c1-2-3-8-11-13-12(16-14-11)9-6-4-5-7-10(9)15/h9-10,15H,2-8H2,1H3. The summed E-state index contributed by atoms with van der Waals surface area (Å²) < 4.78 is 5.25. The van der Waals surface area contributed by atoms with Crippen LogP contribution in [0.1, 0.15) is 63.1 Å². The van der Waals surface area contributed by atoms with Gasteiger partial charge >= 0.3 is 0 Å². The van der Waals surface area contributed by atoms with Crippen molar-refractivity contribution < 1.29 is 9.63 Å². The molecule has 0 aromatic carbocycles. The van der Waals surface area contributed by atoms with Crippen molar-refractivity contribution in [1.82, 2.24) is 10.1 Å². The Morgan fingerprint density at radius 3 is 2.94 bits per heavy atom. The van der Waals surface area contributed by atoms with Gasteiger partial charge in [0.1, 0.15) is 0 Å². The largest absolute Gasteiger partial charge is 0.392 e. The van der Waals surface area contributed by atoms with Gasteiger partial charge in [-0.05, 0) is 19.3 Å². The van der Waals surface area contributed by atoms with Crippen molar-refractivity contribution >= 4 is 0 Å². The van der Waals surface area contributed by atoms with Crippen LogP contribution in [0.25, 0.3) is 0 Å². The van der Waals surface area contributed by atoms with E-state index in [1.807, 2.05) is 0 Å². The maximum Gasteiger partial charge on any atom is 0.232 e. The number of rotatable bonds is 4. The summed E-state index contributed by atoms with van der Waals surface area (Å²) in [7, 11) is 0. The second-order valence-electron chi connectivity index (χ2n) is 4.61. The molecule has 1 aromatic rings. The van der Waals surface area contributed by atoms with Gasteiger partial charge in [0.25, 0.3) is 0 Å². The SMILES string of the molecule is CCCCc1noc(C2CCCCC2O)n1. The Bertz CT molecular complexity index is 325. The first-order chi connectivity index (χ1) is 7.81. The van der Waals surface area contributed by atoms with E-state index in [-0.39, 0.29) is 12.0 Å². The molecule has 1 aliphatic carbocycles. The highest BCUT2D eigenvalue weighted by molar-refractivity contribution is 4.99. The number of aromatic nitrogens is 2. The fourth-order valence-corrected chi connectivity index (χ4v) is 2.25. The van der Waals surface area contributed by atoms with E-state index in [0.717, 1.165) is 50.8 Å². The van der Waals surface area contributed by atoms with Gasteiger partial charge < -0.3 is 9.63 Å². The highest BCUT2D eigenvalue weighted by Crippen LogP contribution is 2.32. The third-order valence-electron chi connectivity index (χ3n) is 3.28. The fourth-order valence-electron chi connectivity index (χ4n) is 2.25. The van der Waals surface area contributed by atoms with Crippen LogP contribution in [-0.4, -0.2) is 21.4 Å². The van der Waals surface area contributed by atoms with Crippen LogP contribution in [0.15, 0.2) is 4.52 Å². The van der Waals surface area contributed by atoms with Crippen LogP contribution in [0, 0.1) is 0 Å². The van der Waals surface area contributed by atoms with E-state index in [1.54, 1.807) is 0 Å². The topological polar surface area (TPSA) is 59.2 Å². The molecular weight excluding hydrogens is 204 g/mol. The van der Waals surface area contributed by atoms with Gasteiger partial charge in [-0.2, -0.15) is 4.98 Å². The summed E-state index contributed by atoms with van der Waals surface area (Å²) in [6, 6.07) is 0. The molecule has 16 heavy (non-hydrogen) atoms. The molecule has 4 nitrogen and oxygen atoms in total. The summed E-state index contributed by atoms with van der Waals surface area (Å²) in [5, 5.41) is 13.8. The normalized spacial score (nSPS) is 25.9. The van der Waals surface area contributed by atoms with Crippen LogP contribution in [-0.2, 0) is 6.42 Å². The highest BCUT2D eigenvalue weighted by atomic mass is 16.5. The minimum absolute atomic E-state index is 0.0663. The third kappa shape index (κ3) is 2.61. The van der Waals surface area contributed by atoms with E-state index in [9.17, 15) is 5.11 Å². The first-order valence-electron chi connectivity index (χ1n) is 6.31. The number of aliphatic hydroxyl groups is 1. The molecule has 0 amide bonds. The van der Waals surface area contributed by atoms with Gasteiger partial charge in [-0.25, -0.2) is 0 Å². The molecule has 1 N–H and O–H groups in total. The highest BCUT2D eigenvalue weighted by Gasteiger charge is 2.29. The minimum atomic E-state index is -0.298. The molecule has 4 heteroatoms. The summed E-state index contributed by atoms with van der Waals surface area (Å²) in [5.41, 5.74) is 0. The second-order valence-corrected chi connectivity index (χ2v) is 4.61. The number of nitrogens with zero attached hydrogens (tertiary/aromatic N) is 2. The van der Waals surface area contributed by atoms with Gasteiger partial charge in [-0.1, -0.05) is 31.3 Å². The Morgan fingerprint density at radius 1 is 1.38 bits per heavy atom. The van der Waals surface area contributed by atoms with E-state index >= 15 is 0 Å². The zero-order valence-electron chi connectivity index (χ0n) is 9.85. The third-order valence-corrected chi connectivity index (χ3v) is 3.28. The Morgan fingerprint density at radius 2 is 2.19 bits per heavy atom. The monoisotopic (exact) mass is 224 g/mol. The van der Waals surface area contributed by atoms with Crippen molar-refractivity contribution in [1.29, 1.82) is 0 Å². The lowest BCUT2D eigenvalue weighted by molar-refractivity contribution is 0.0908.